The van der Waals surface area contributed by atoms with Gasteiger partial charge in [0.05, 0.1) is 0 Å². The third-order valence-electron chi connectivity index (χ3n) is 1.92. The molecule has 1 aromatic carbocycles. The number of benzene rings is 1. The van der Waals surface area contributed by atoms with E-state index in [0.717, 1.165) is 10.9 Å². The van der Waals surface area contributed by atoms with Crippen molar-refractivity contribution in [2.45, 2.75) is 23.7 Å². The molecule has 1 radical (unpaired) electrons. The second-order valence-corrected chi connectivity index (χ2v) is 13.8. The molecule has 0 heterocycles. The predicted octanol–water partition coefficient (Wildman–Crippen LogP) is 3.98. The van der Waals surface area contributed by atoms with E-state index >= 15 is 0 Å². The third kappa shape index (κ3) is 5.82. The van der Waals surface area contributed by atoms with Crippen LogP contribution in [0.3, 0.4) is 0 Å². The van der Waals surface area contributed by atoms with E-state index in [9.17, 15) is 0 Å². The van der Waals surface area contributed by atoms with Gasteiger partial charge in [0.15, 0.2) is 0 Å². The van der Waals surface area contributed by atoms with Gasteiger partial charge in [-0.3, -0.25) is 0 Å². The molecule has 71 valence electrons. The van der Waals surface area contributed by atoms with E-state index in [1.165, 1.54) is 18.4 Å². The Labute approximate surface area is 94.4 Å². The number of hydrogen-bond donors (Lipinski definition) is 0. The Hall–Kier alpha value is 0.599. The van der Waals surface area contributed by atoms with Gasteiger partial charge in [-0.1, -0.05) is 0 Å². The molecule has 1 rings (SSSR count). The first-order valence-corrected chi connectivity index (χ1v) is 13.7. The second kappa shape index (κ2) is 6.97. The van der Waals surface area contributed by atoms with Crippen molar-refractivity contribution in [2.75, 3.05) is 0 Å². The summed E-state index contributed by atoms with van der Waals surface area (Å²) in [5.74, 6) is 0. The molecule has 0 atom stereocenters. The molecular formula is C10H13Cl2Sn. The van der Waals surface area contributed by atoms with E-state index in [1.807, 2.05) is 6.07 Å². The average Bonchev–Trinajstić information content (AvgIpc) is 2.14. The molecule has 0 aliphatic carbocycles. The minimum absolute atomic E-state index is 1.10. The summed E-state index contributed by atoms with van der Waals surface area (Å²) in [5.41, 5.74) is 1.41. The van der Waals surface area contributed by atoms with Crippen LogP contribution in [0, 0.1) is 0 Å². The van der Waals surface area contributed by atoms with Gasteiger partial charge >= 0.3 is 94.9 Å². The summed E-state index contributed by atoms with van der Waals surface area (Å²) in [7, 11) is 11.6. The third-order valence-corrected chi connectivity index (χ3v) is 6.55. The Balaban J connectivity index is 2.13. The van der Waals surface area contributed by atoms with Crippen molar-refractivity contribution in [1.29, 1.82) is 0 Å². The van der Waals surface area contributed by atoms with E-state index in [1.54, 1.807) is 0 Å². The van der Waals surface area contributed by atoms with Crippen molar-refractivity contribution in [1.82, 2.24) is 0 Å². The SMILES string of the molecule is [Cl][Sn]([Cl])[CH2]CCCc1ccccc1. The summed E-state index contributed by atoms with van der Waals surface area (Å²) in [5, 5.41) is 0. The first-order chi connectivity index (χ1) is 6.29. The molecule has 0 aliphatic heterocycles. The number of hydrogen-bond acceptors (Lipinski definition) is 0. The zero-order valence-corrected chi connectivity index (χ0v) is 11.8. The normalized spacial score (nSPS) is 10.7. The maximum atomic E-state index is 5.82. The van der Waals surface area contributed by atoms with E-state index in [-0.39, 0.29) is 0 Å². The molecule has 0 spiro atoms. The summed E-state index contributed by atoms with van der Waals surface area (Å²) in [6, 6.07) is 10.5. The van der Waals surface area contributed by atoms with Crippen molar-refractivity contribution >= 4 is 35.3 Å². The Morgan fingerprint density at radius 2 is 1.69 bits per heavy atom. The number of aryl methyl sites for hydroxylation is 1. The maximum absolute atomic E-state index is 5.82. The van der Waals surface area contributed by atoms with Crippen LogP contribution >= 0.6 is 17.8 Å². The summed E-state index contributed by atoms with van der Waals surface area (Å²) in [4.78, 5) is 0. The summed E-state index contributed by atoms with van der Waals surface area (Å²) >= 11 is -1.83. The van der Waals surface area contributed by atoms with Crippen LogP contribution in [0.25, 0.3) is 0 Å². The molecule has 13 heavy (non-hydrogen) atoms. The van der Waals surface area contributed by atoms with Gasteiger partial charge in [0, 0.05) is 0 Å². The van der Waals surface area contributed by atoms with Crippen molar-refractivity contribution in [3.63, 3.8) is 0 Å². The monoisotopic (exact) mass is 323 g/mol. The van der Waals surface area contributed by atoms with Crippen molar-refractivity contribution in [3.8, 4) is 0 Å². The molecule has 0 saturated heterocycles. The van der Waals surface area contributed by atoms with E-state index in [4.69, 9.17) is 17.8 Å². The van der Waals surface area contributed by atoms with Crippen LogP contribution in [-0.4, -0.2) is 17.5 Å². The quantitative estimate of drug-likeness (QED) is 0.568. The zero-order chi connectivity index (χ0) is 9.52. The topological polar surface area (TPSA) is 0 Å². The van der Waals surface area contributed by atoms with E-state index in [0.29, 0.717) is 0 Å². The van der Waals surface area contributed by atoms with Gasteiger partial charge in [0.25, 0.3) is 0 Å². The molecule has 0 N–H and O–H groups in total. The molecule has 0 fully saturated rings. The van der Waals surface area contributed by atoms with Crippen LogP contribution in [0.4, 0.5) is 0 Å². The first kappa shape index (κ1) is 11.7. The second-order valence-electron chi connectivity index (χ2n) is 3.03. The van der Waals surface area contributed by atoms with Crippen LogP contribution in [0.5, 0.6) is 0 Å². The Bertz CT molecular complexity index is 224. The standard InChI is InChI=1S/C10H13.2ClH.Sn/c1-2-3-7-10-8-5-4-6-9-10;;;/h4-6,8-9H,1-3,7H2;2*1H;/q;;;+2/p-2. The van der Waals surface area contributed by atoms with Crippen LogP contribution < -0.4 is 0 Å². The van der Waals surface area contributed by atoms with Crippen LogP contribution in [0.15, 0.2) is 30.3 Å². The van der Waals surface area contributed by atoms with Crippen molar-refractivity contribution < 1.29 is 0 Å². The van der Waals surface area contributed by atoms with Crippen LogP contribution in [0.2, 0.25) is 4.44 Å². The molecule has 1 aromatic rings. The fourth-order valence-corrected chi connectivity index (χ4v) is 4.50. The van der Waals surface area contributed by atoms with Gasteiger partial charge in [0.2, 0.25) is 0 Å². The fourth-order valence-electron chi connectivity index (χ4n) is 1.23. The Morgan fingerprint density at radius 1 is 1.00 bits per heavy atom. The average molecular weight is 323 g/mol. The van der Waals surface area contributed by atoms with Gasteiger partial charge in [-0.25, -0.2) is 0 Å². The number of halogens is 2. The summed E-state index contributed by atoms with van der Waals surface area (Å²) < 4.78 is 1.10. The summed E-state index contributed by atoms with van der Waals surface area (Å²) in [6.45, 7) is 0. The molecule has 0 saturated carbocycles. The fraction of sp³-hybridized carbons (Fsp3) is 0.400. The molecule has 0 bridgehead atoms. The Kier molecular flexibility index (Phi) is 6.25. The van der Waals surface area contributed by atoms with Gasteiger partial charge in [-0.15, -0.1) is 0 Å². The van der Waals surface area contributed by atoms with Crippen LogP contribution in [-0.2, 0) is 6.42 Å². The Morgan fingerprint density at radius 3 is 2.31 bits per heavy atom. The van der Waals surface area contributed by atoms with Gasteiger partial charge in [-0.2, -0.15) is 0 Å². The van der Waals surface area contributed by atoms with E-state index in [2.05, 4.69) is 24.3 Å². The van der Waals surface area contributed by atoms with Crippen LogP contribution in [0.1, 0.15) is 18.4 Å². The molecule has 0 unspecified atom stereocenters. The first-order valence-electron chi connectivity index (χ1n) is 4.50. The molecule has 0 aromatic heterocycles. The predicted molar refractivity (Wildman–Crippen MR) is 61.6 cm³/mol. The molecule has 0 aliphatic rings. The minimum atomic E-state index is -1.83. The van der Waals surface area contributed by atoms with Crippen molar-refractivity contribution in [2.24, 2.45) is 0 Å². The number of unbranched alkanes of at least 4 members (excludes halogenated alkanes) is 1. The number of rotatable bonds is 5. The zero-order valence-electron chi connectivity index (χ0n) is 7.47. The van der Waals surface area contributed by atoms with Crippen molar-refractivity contribution in [3.05, 3.63) is 35.9 Å². The summed E-state index contributed by atoms with van der Waals surface area (Å²) in [6.07, 6.45) is 3.56. The van der Waals surface area contributed by atoms with Gasteiger partial charge in [0.1, 0.15) is 0 Å². The van der Waals surface area contributed by atoms with Gasteiger partial charge < -0.3 is 0 Å². The molecule has 3 heteroatoms. The van der Waals surface area contributed by atoms with Gasteiger partial charge in [-0.05, 0) is 0 Å². The molecule has 0 amide bonds. The molecular weight excluding hydrogens is 310 g/mol. The molecule has 0 nitrogen and oxygen atoms in total. The van der Waals surface area contributed by atoms with E-state index < -0.39 is 17.5 Å².